The Hall–Kier alpha value is -3.09. The smallest absolute Gasteiger partial charge is 0.387 e. The predicted molar refractivity (Wildman–Crippen MR) is 93.6 cm³/mol. The van der Waals surface area contributed by atoms with Crippen LogP contribution in [-0.4, -0.2) is 32.8 Å². The number of nitrogens with one attached hydrogen (secondary N) is 1. The largest absolute Gasteiger partial charge is 0.493 e. The molecule has 7 heteroatoms. The molecule has 1 amide bonds. The van der Waals surface area contributed by atoms with Crippen molar-refractivity contribution >= 4 is 12.0 Å². The minimum atomic E-state index is -2.94. The van der Waals surface area contributed by atoms with Gasteiger partial charge in [-0.15, -0.1) is 0 Å². The average Bonchev–Trinajstić information content (AvgIpc) is 2.65. The lowest BCUT2D eigenvalue weighted by molar-refractivity contribution is -0.116. The van der Waals surface area contributed by atoms with E-state index in [1.54, 1.807) is 12.1 Å². The second-order valence-corrected chi connectivity index (χ2v) is 5.07. The van der Waals surface area contributed by atoms with Crippen molar-refractivity contribution in [3.8, 4) is 17.2 Å². The topological polar surface area (TPSA) is 56.8 Å². The second kappa shape index (κ2) is 10.0. The molecule has 0 saturated carbocycles. The number of hydrogen-bond donors (Lipinski definition) is 1. The summed E-state index contributed by atoms with van der Waals surface area (Å²) < 4.78 is 39.4. The van der Waals surface area contributed by atoms with Crippen molar-refractivity contribution in [2.75, 3.05) is 20.3 Å². The lowest BCUT2D eigenvalue weighted by Crippen LogP contribution is -2.26. The molecule has 1 N–H and O–H groups in total. The van der Waals surface area contributed by atoms with Crippen LogP contribution in [0.5, 0.6) is 17.2 Å². The van der Waals surface area contributed by atoms with Crippen molar-refractivity contribution < 1.29 is 27.8 Å². The molecule has 2 rings (SSSR count). The number of halogens is 2. The van der Waals surface area contributed by atoms with Gasteiger partial charge in [0.25, 0.3) is 0 Å². The Morgan fingerprint density at radius 3 is 2.62 bits per heavy atom. The van der Waals surface area contributed by atoms with Crippen molar-refractivity contribution in [1.29, 1.82) is 0 Å². The molecule has 138 valence electrons. The van der Waals surface area contributed by atoms with Crippen LogP contribution in [0.2, 0.25) is 0 Å². The number of amides is 1. The second-order valence-electron chi connectivity index (χ2n) is 5.07. The van der Waals surface area contributed by atoms with Gasteiger partial charge in [0, 0.05) is 6.08 Å². The van der Waals surface area contributed by atoms with E-state index in [1.807, 2.05) is 30.3 Å². The van der Waals surface area contributed by atoms with E-state index in [4.69, 9.17) is 9.47 Å². The molecular formula is C19H19F2NO4. The van der Waals surface area contributed by atoms with Gasteiger partial charge in [0.2, 0.25) is 5.91 Å². The van der Waals surface area contributed by atoms with Gasteiger partial charge >= 0.3 is 6.61 Å². The van der Waals surface area contributed by atoms with E-state index in [1.165, 1.54) is 25.3 Å². The Balaban J connectivity index is 1.81. The first kappa shape index (κ1) is 19.2. The molecule has 0 saturated heterocycles. The highest BCUT2D eigenvalue weighted by atomic mass is 19.3. The number of benzene rings is 2. The fourth-order valence-corrected chi connectivity index (χ4v) is 2.07. The molecule has 2 aromatic carbocycles. The summed E-state index contributed by atoms with van der Waals surface area (Å²) >= 11 is 0. The molecule has 0 bridgehead atoms. The number of methoxy groups -OCH3 is 1. The van der Waals surface area contributed by atoms with Crippen LogP contribution in [0.3, 0.4) is 0 Å². The van der Waals surface area contributed by atoms with Crippen molar-refractivity contribution in [2.24, 2.45) is 0 Å². The molecule has 0 heterocycles. The minimum Gasteiger partial charge on any atom is -0.493 e. The highest BCUT2D eigenvalue weighted by molar-refractivity contribution is 5.91. The zero-order valence-corrected chi connectivity index (χ0v) is 14.2. The van der Waals surface area contributed by atoms with E-state index < -0.39 is 6.61 Å². The number of hydrogen-bond acceptors (Lipinski definition) is 4. The quantitative estimate of drug-likeness (QED) is 0.547. The molecule has 0 radical (unpaired) electrons. The summed E-state index contributed by atoms with van der Waals surface area (Å²) in [5.41, 5.74) is 0.610. The summed E-state index contributed by atoms with van der Waals surface area (Å²) in [6.07, 6.45) is 2.88. The summed E-state index contributed by atoms with van der Waals surface area (Å²) in [5, 5.41) is 2.68. The van der Waals surface area contributed by atoms with Gasteiger partial charge in [-0.3, -0.25) is 4.79 Å². The maximum atomic E-state index is 12.3. The highest BCUT2D eigenvalue weighted by Crippen LogP contribution is 2.29. The zero-order chi connectivity index (χ0) is 18.8. The first-order chi connectivity index (χ1) is 12.6. The monoisotopic (exact) mass is 363 g/mol. The molecule has 26 heavy (non-hydrogen) atoms. The zero-order valence-electron chi connectivity index (χ0n) is 14.2. The van der Waals surface area contributed by atoms with Gasteiger partial charge in [-0.2, -0.15) is 8.78 Å². The molecule has 5 nitrogen and oxygen atoms in total. The molecular weight excluding hydrogens is 344 g/mol. The standard InChI is InChI=1S/C19H19F2NO4/c1-24-17-13-14(7-9-16(17)26-19(20)21)8-10-18(23)22-11-12-25-15-5-3-2-4-6-15/h2-10,13,19H,11-12H2,1H3,(H,22,23)/b10-8+. The van der Waals surface area contributed by atoms with Crippen molar-refractivity contribution in [3.63, 3.8) is 0 Å². The minimum absolute atomic E-state index is 0.0674. The van der Waals surface area contributed by atoms with Crippen LogP contribution >= 0.6 is 0 Å². The van der Waals surface area contributed by atoms with Crippen LogP contribution in [0.1, 0.15) is 5.56 Å². The molecule has 0 fully saturated rings. The van der Waals surface area contributed by atoms with Crippen LogP contribution in [0.15, 0.2) is 54.6 Å². The normalized spacial score (nSPS) is 10.8. The van der Waals surface area contributed by atoms with Crippen LogP contribution in [0.25, 0.3) is 6.08 Å². The molecule has 0 atom stereocenters. The van der Waals surface area contributed by atoms with Gasteiger partial charge in [-0.05, 0) is 35.9 Å². The summed E-state index contributed by atoms with van der Waals surface area (Å²) in [5.74, 6) is 0.523. The fourth-order valence-electron chi connectivity index (χ4n) is 2.07. The van der Waals surface area contributed by atoms with Crippen molar-refractivity contribution in [1.82, 2.24) is 5.32 Å². The molecule has 0 spiro atoms. The Morgan fingerprint density at radius 2 is 1.92 bits per heavy atom. The van der Waals surface area contributed by atoms with E-state index in [9.17, 15) is 13.6 Å². The van der Waals surface area contributed by atoms with Crippen LogP contribution in [0, 0.1) is 0 Å². The number of ether oxygens (including phenoxy) is 3. The lowest BCUT2D eigenvalue weighted by Gasteiger charge is -2.10. The van der Waals surface area contributed by atoms with Gasteiger partial charge in [0.1, 0.15) is 12.4 Å². The van der Waals surface area contributed by atoms with Gasteiger partial charge in [-0.1, -0.05) is 24.3 Å². The number of para-hydroxylation sites is 1. The number of rotatable bonds is 9. The van der Waals surface area contributed by atoms with E-state index in [0.29, 0.717) is 18.7 Å². The van der Waals surface area contributed by atoms with Gasteiger partial charge < -0.3 is 19.5 Å². The van der Waals surface area contributed by atoms with Gasteiger partial charge in [-0.25, -0.2) is 0 Å². The van der Waals surface area contributed by atoms with Gasteiger partial charge in [0.05, 0.1) is 13.7 Å². The first-order valence-corrected chi connectivity index (χ1v) is 7.85. The molecule has 0 aliphatic heterocycles. The molecule has 0 aromatic heterocycles. The molecule has 0 unspecified atom stereocenters. The summed E-state index contributed by atoms with van der Waals surface area (Å²) in [4.78, 5) is 11.8. The van der Waals surface area contributed by atoms with Crippen LogP contribution < -0.4 is 19.5 Å². The Labute approximate surface area is 150 Å². The average molecular weight is 363 g/mol. The van der Waals surface area contributed by atoms with E-state index in [2.05, 4.69) is 10.1 Å². The lowest BCUT2D eigenvalue weighted by atomic mass is 10.2. The number of carbonyl (C=O) groups excluding carboxylic acids is 1. The third-order valence-electron chi connectivity index (χ3n) is 3.24. The molecule has 0 aliphatic rings. The first-order valence-electron chi connectivity index (χ1n) is 7.85. The van der Waals surface area contributed by atoms with Crippen LogP contribution in [0.4, 0.5) is 8.78 Å². The number of carbonyl (C=O) groups is 1. The highest BCUT2D eigenvalue weighted by Gasteiger charge is 2.10. The summed E-state index contributed by atoms with van der Waals surface area (Å²) in [6.45, 7) is -2.24. The third kappa shape index (κ3) is 6.43. The van der Waals surface area contributed by atoms with E-state index >= 15 is 0 Å². The van der Waals surface area contributed by atoms with E-state index in [0.717, 1.165) is 5.75 Å². The fraction of sp³-hybridized carbons (Fsp3) is 0.211. The molecule has 2 aromatic rings. The Morgan fingerprint density at radius 1 is 1.15 bits per heavy atom. The Bertz CT molecular complexity index is 736. The predicted octanol–water partition coefficient (Wildman–Crippen LogP) is 3.51. The summed E-state index contributed by atoms with van der Waals surface area (Å²) in [6, 6.07) is 13.7. The SMILES string of the molecule is COc1cc(/C=C/C(=O)NCCOc2ccccc2)ccc1OC(F)F. The maximum Gasteiger partial charge on any atom is 0.387 e. The van der Waals surface area contributed by atoms with E-state index in [-0.39, 0.29) is 17.4 Å². The third-order valence-corrected chi connectivity index (χ3v) is 3.24. The van der Waals surface area contributed by atoms with Crippen molar-refractivity contribution in [2.45, 2.75) is 6.61 Å². The maximum absolute atomic E-state index is 12.3. The Kier molecular flexibility index (Phi) is 7.42. The van der Waals surface area contributed by atoms with Crippen LogP contribution in [-0.2, 0) is 4.79 Å². The summed E-state index contributed by atoms with van der Waals surface area (Å²) in [7, 11) is 1.35. The van der Waals surface area contributed by atoms with Crippen molar-refractivity contribution in [3.05, 3.63) is 60.2 Å². The van der Waals surface area contributed by atoms with Gasteiger partial charge in [0.15, 0.2) is 11.5 Å². The molecule has 0 aliphatic carbocycles. The number of alkyl halides is 2.